The number of ether oxygens (including phenoxy) is 1. The zero-order chi connectivity index (χ0) is 11.1. The molecule has 0 saturated carbocycles. The minimum Gasteiger partial charge on any atom is -0.495 e. The third-order valence-corrected chi connectivity index (χ3v) is 3.48. The van der Waals surface area contributed by atoms with Crippen LogP contribution < -0.4 is 10.1 Å². The van der Waals surface area contributed by atoms with Crippen LogP contribution in [0, 0.1) is 0 Å². The van der Waals surface area contributed by atoms with Crippen molar-refractivity contribution in [2.45, 2.75) is 13.0 Å². The van der Waals surface area contributed by atoms with Crippen LogP contribution in [0.3, 0.4) is 0 Å². The Hall–Kier alpha value is -1.48. The van der Waals surface area contributed by atoms with E-state index in [-0.39, 0.29) is 0 Å². The van der Waals surface area contributed by atoms with E-state index in [2.05, 4.69) is 29.1 Å². The van der Waals surface area contributed by atoms with Gasteiger partial charge in [0.2, 0.25) is 0 Å². The molecule has 1 aromatic carbocycles. The van der Waals surface area contributed by atoms with Crippen LogP contribution in [0.5, 0.6) is 5.75 Å². The number of para-hydroxylation sites is 1. The highest BCUT2D eigenvalue weighted by molar-refractivity contribution is 5.90. The van der Waals surface area contributed by atoms with Crippen molar-refractivity contribution in [3.8, 4) is 5.75 Å². The van der Waals surface area contributed by atoms with Crippen LogP contribution in [0.15, 0.2) is 18.2 Å². The highest BCUT2D eigenvalue weighted by Crippen LogP contribution is 2.33. The van der Waals surface area contributed by atoms with Gasteiger partial charge in [-0.25, -0.2) is 0 Å². The summed E-state index contributed by atoms with van der Waals surface area (Å²) in [6.07, 6.45) is 1.11. The van der Waals surface area contributed by atoms with E-state index in [4.69, 9.17) is 4.74 Å². The van der Waals surface area contributed by atoms with Gasteiger partial charge in [0, 0.05) is 24.7 Å². The smallest absolute Gasteiger partial charge is 0.143 e. The first kappa shape index (κ1) is 9.73. The number of fused-ring (bicyclic) bond motifs is 3. The molecule has 0 unspecified atom stereocenters. The molecule has 1 aromatic heterocycles. The molecule has 2 heterocycles. The van der Waals surface area contributed by atoms with Crippen LogP contribution in [0.2, 0.25) is 0 Å². The van der Waals surface area contributed by atoms with Crippen LogP contribution in [-0.4, -0.2) is 18.2 Å². The number of benzene rings is 1. The monoisotopic (exact) mass is 216 g/mol. The molecule has 3 heteroatoms. The third-order valence-electron chi connectivity index (χ3n) is 3.48. The molecule has 0 saturated heterocycles. The molecule has 0 fully saturated rings. The van der Waals surface area contributed by atoms with E-state index in [1.54, 1.807) is 7.11 Å². The molecule has 1 aliphatic heterocycles. The van der Waals surface area contributed by atoms with Gasteiger partial charge in [-0.3, -0.25) is 0 Å². The molecule has 0 spiro atoms. The van der Waals surface area contributed by atoms with E-state index in [9.17, 15) is 0 Å². The average Bonchev–Trinajstić information content (AvgIpc) is 2.64. The van der Waals surface area contributed by atoms with Gasteiger partial charge in [-0.2, -0.15) is 0 Å². The first-order valence-electron chi connectivity index (χ1n) is 5.67. The number of aromatic nitrogens is 1. The molecule has 16 heavy (non-hydrogen) atoms. The molecule has 1 N–H and O–H groups in total. The Kier molecular flexibility index (Phi) is 2.14. The summed E-state index contributed by atoms with van der Waals surface area (Å²) in [6.45, 7) is 2.03. The van der Waals surface area contributed by atoms with Crippen LogP contribution in [0.25, 0.3) is 10.9 Å². The van der Waals surface area contributed by atoms with E-state index in [1.165, 1.54) is 22.2 Å². The molecular weight excluding hydrogens is 200 g/mol. The quantitative estimate of drug-likeness (QED) is 0.787. The SMILES string of the molecule is COc1cccc2c3c(n(C)c12)CNCC3. The Morgan fingerprint density at radius 2 is 2.25 bits per heavy atom. The Labute approximate surface area is 95.0 Å². The van der Waals surface area contributed by atoms with Crippen molar-refractivity contribution in [1.29, 1.82) is 0 Å². The van der Waals surface area contributed by atoms with E-state index in [0.717, 1.165) is 25.3 Å². The van der Waals surface area contributed by atoms with Crippen LogP contribution in [0.4, 0.5) is 0 Å². The first-order valence-corrected chi connectivity index (χ1v) is 5.67. The summed E-state index contributed by atoms with van der Waals surface area (Å²) >= 11 is 0. The van der Waals surface area contributed by atoms with Gasteiger partial charge in [0.05, 0.1) is 12.6 Å². The van der Waals surface area contributed by atoms with E-state index in [0.29, 0.717) is 0 Å². The summed E-state index contributed by atoms with van der Waals surface area (Å²) in [7, 11) is 3.86. The fourth-order valence-corrected chi connectivity index (χ4v) is 2.69. The van der Waals surface area contributed by atoms with E-state index >= 15 is 0 Å². The molecule has 0 radical (unpaired) electrons. The van der Waals surface area contributed by atoms with Crippen LogP contribution >= 0.6 is 0 Å². The van der Waals surface area contributed by atoms with Crippen LogP contribution in [-0.2, 0) is 20.0 Å². The topological polar surface area (TPSA) is 26.2 Å². The zero-order valence-corrected chi connectivity index (χ0v) is 9.71. The largest absolute Gasteiger partial charge is 0.495 e. The predicted octanol–water partition coefficient (Wildman–Crippen LogP) is 1.83. The van der Waals surface area contributed by atoms with Gasteiger partial charge >= 0.3 is 0 Å². The van der Waals surface area contributed by atoms with Crippen molar-refractivity contribution < 1.29 is 4.74 Å². The molecule has 0 amide bonds. The highest BCUT2D eigenvalue weighted by Gasteiger charge is 2.19. The minimum absolute atomic E-state index is 0.962. The number of methoxy groups -OCH3 is 1. The second-order valence-electron chi connectivity index (χ2n) is 4.27. The number of hydrogen-bond donors (Lipinski definition) is 1. The molecule has 0 atom stereocenters. The van der Waals surface area contributed by atoms with Crippen molar-refractivity contribution in [3.05, 3.63) is 29.5 Å². The van der Waals surface area contributed by atoms with Crippen molar-refractivity contribution in [2.75, 3.05) is 13.7 Å². The lowest BCUT2D eigenvalue weighted by atomic mass is 10.0. The number of nitrogens with one attached hydrogen (secondary N) is 1. The highest BCUT2D eigenvalue weighted by atomic mass is 16.5. The predicted molar refractivity (Wildman–Crippen MR) is 64.9 cm³/mol. The molecular formula is C13H16N2O. The van der Waals surface area contributed by atoms with Crippen LogP contribution in [0.1, 0.15) is 11.3 Å². The number of hydrogen-bond acceptors (Lipinski definition) is 2. The fourth-order valence-electron chi connectivity index (χ4n) is 2.69. The molecule has 84 valence electrons. The number of rotatable bonds is 1. The Morgan fingerprint density at radius 3 is 3.06 bits per heavy atom. The third kappa shape index (κ3) is 1.18. The van der Waals surface area contributed by atoms with Crippen molar-refractivity contribution >= 4 is 10.9 Å². The van der Waals surface area contributed by atoms with Gasteiger partial charge in [0.1, 0.15) is 5.75 Å². The fraction of sp³-hybridized carbons (Fsp3) is 0.385. The zero-order valence-electron chi connectivity index (χ0n) is 9.71. The average molecular weight is 216 g/mol. The maximum Gasteiger partial charge on any atom is 0.143 e. The summed E-state index contributed by atoms with van der Waals surface area (Å²) in [4.78, 5) is 0. The summed E-state index contributed by atoms with van der Waals surface area (Å²) in [5.41, 5.74) is 4.10. The Morgan fingerprint density at radius 1 is 1.38 bits per heavy atom. The van der Waals surface area contributed by atoms with Crippen molar-refractivity contribution in [1.82, 2.24) is 9.88 Å². The lowest BCUT2D eigenvalue weighted by Gasteiger charge is -2.14. The molecule has 0 aliphatic carbocycles. The van der Waals surface area contributed by atoms with Gasteiger partial charge in [-0.1, -0.05) is 12.1 Å². The lowest BCUT2D eigenvalue weighted by Crippen LogP contribution is -2.24. The van der Waals surface area contributed by atoms with E-state index in [1.807, 2.05) is 6.07 Å². The first-order chi connectivity index (χ1) is 7.83. The number of aryl methyl sites for hydroxylation is 1. The molecule has 0 bridgehead atoms. The lowest BCUT2D eigenvalue weighted by molar-refractivity contribution is 0.417. The Bertz CT molecular complexity index is 542. The number of nitrogens with zero attached hydrogens (tertiary/aromatic N) is 1. The molecule has 3 nitrogen and oxygen atoms in total. The van der Waals surface area contributed by atoms with E-state index < -0.39 is 0 Å². The summed E-state index contributed by atoms with van der Waals surface area (Å²) in [5, 5.41) is 4.76. The maximum absolute atomic E-state index is 5.44. The summed E-state index contributed by atoms with van der Waals surface area (Å²) in [5.74, 6) is 0.967. The van der Waals surface area contributed by atoms with Gasteiger partial charge in [0.25, 0.3) is 0 Å². The molecule has 1 aliphatic rings. The van der Waals surface area contributed by atoms with Gasteiger partial charge in [-0.15, -0.1) is 0 Å². The second-order valence-corrected chi connectivity index (χ2v) is 4.27. The van der Waals surface area contributed by atoms with Gasteiger partial charge in [0.15, 0.2) is 0 Å². The van der Waals surface area contributed by atoms with Gasteiger partial charge < -0.3 is 14.6 Å². The minimum atomic E-state index is 0.962. The maximum atomic E-state index is 5.44. The molecule has 2 aromatic rings. The molecule has 3 rings (SSSR count). The summed E-state index contributed by atoms with van der Waals surface area (Å²) < 4.78 is 7.70. The Balaban J connectivity index is 2.39. The standard InChI is InChI=1S/C13H16N2O/c1-15-11-8-14-7-6-9(11)10-4-3-5-12(16-2)13(10)15/h3-5,14H,6-8H2,1-2H3. The van der Waals surface area contributed by atoms with Crippen molar-refractivity contribution in [3.63, 3.8) is 0 Å². The normalized spacial score (nSPS) is 15.1. The second kappa shape index (κ2) is 3.52. The summed E-state index contributed by atoms with van der Waals surface area (Å²) in [6, 6.07) is 6.30. The van der Waals surface area contributed by atoms with Gasteiger partial charge in [-0.05, 0) is 24.6 Å². The van der Waals surface area contributed by atoms with Crippen molar-refractivity contribution in [2.24, 2.45) is 7.05 Å².